The molecule has 0 radical (unpaired) electrons. The van der Waals surface area contributed by atoms with Crippen LogP contribution in [0.15, 0.2) is 48.6 Å². The number of carbonyl (C=O) groups excluding carboxylic acids is 2. The minimum absolute atomic E-state index is 0.0764. The van der Waals surface area contributed by atoms with Gasteiger partial charge in [-0.05, 0) is 49.5 Å². The van der Waals surface area contributed by atoms with E-state index in [0.717, 1.165) is 12.1 Å². The summed E-state index contributed by atoms with van der Waals surface area (Å²) in [7, 11) is 3.49. The molecule has 5 unspecified atom stereocenters. The van der Waals surface area contributed by atoms with E-state index in [1.54, 1.807) is 0 Å². The van der Waals surface area contributed by atoms with Gasteiger partial charge in [-0.1, -0.05) is 24.3 Å². The molecule has 1 aromatic rings. The standard InChI is InChI=1S/C24H29F4O5P/c1-31-23(30)10-5-3-2-4-9-20-19(21(25)14-22(20)33-34)12-11-17(29)15-32-18-8-6-7-16(13-18)24(26,27)28/h2,4,6-8,11-13,19-22H,3,5,9-10,14-15,34H2,1H3/b4-2+,12-11+. The molecule has 1 aliphatic rings. The first-order valence-corrected chi connectivity index (χ1v) is 11.3. The van der Waals surface area contributed by atoms with E-state index in [1.807, 2.05) is 12.2 Å². The van der Waals surface area contributed by atoms with Crippen molar-refractivity contribution in [2.24, 2.45) is 11.8 Å². The van der Waals surface area contributed by atoms with Crippen LogP contribution in [0.5, 0.6) is 5.75 Å². The zero-order valence-electron chi connectivity index (χ0n) is 18.8. The molecule has 0 amide bonds. The third-order valence-electron chi connectivity index (χ3n) is 5.62. The van der Waals surface area contributed by atoms with Gasteiger partial charge in [0.2, 0.25) is 0 Å². The molecule has 0 heterocycles. The number of unbranched alkanes of at least 4 members (excludes halogenated alkanes) is 1. The molecular formula is C24H29F4O5P. The summed E-state index contributed by atoms with van der Waals surface area (Å²) in [6.45, 7) is -0.462. The minimum atomic E-state index is -4.51. The molecule has 1 saturated carbocycles. The van der Waals surface area contributed by atoms with E-state index < -0.39 is 36.2 Å². The molecular weight excluding hydrogens is 475 g/mol. The van der Waals surface area contributed by atoms with E-state index in [-0.39, 0.29) is 30.2 Å². The van der Waals surface area contributed by atoms with Crippen LogP contribution in [-0.2, 0) is 25.0 Å². The van der Waals surface area contributed by atoms with Crippen LogP contribution >= 0.6 is 9.47 Å². The summed E-state index contributed by atoms with van der Waals surface area (Å²) in [4.78, 5) is 23.3. The van der Waals surface area contributed by atoms with E-state index in [4.69, 9.17) is 9.26 Å². The van der Waals surface area contributed by atoms with Crippen LogP contribution in [0.1, 0.15) is 37.7 Å². The van der Waals surface area contributed by atoms with Crippen LogP contribution in [0.4, 0.5) is 17.6 Å². The predicted octanol–water partition coefficient (Wildman–Crippen LogP) is 5.65. The smallest absolute Gasteiger partial charge is 0.416 e. The molecule has 5 atom stereocenters. The maximum Gasteiger partial charge on any atom is 0.416 e. The largest absolute Gasteiger partial charge is 0.485 e. The average Bonchev–Trinajstić information content (AvgIpc) is 3.12. The molecule has 10 heteroatoms. The Labute approximate surface area is 198 Å². The van der Waals surface area contributed by atoms with Crippen LogP contribution in [0.3, 0.4) is 0 Å². The molecule has 0 N–H and O–H groups in total. The molecule has 0 bridgehead atoms. The van der Waals surface area contributed by atoms with Gasteiger partial charge in [-0.15, -0.1) is 0 Å². The average molecular weight is 504 g/mol. The highest BCUT2D eigenvalue weighted by Crippen LogP contribution is 2.40. The Morgan fingerprint density at radius 3 is 2.68 bits per heavy atom. The Hall–Kier alpha value is -2.25. The van der Waals surface area contributed by atoms with Crippen LogP contribution in [0, 0.1) is 11.8 Å². The molecule has 34 heavy (non-hydrogen) atoms. The summed E-state index contributed by atoms with van der Waals surface area (Å²) in [6, 6.07) is 4.25. The van der Waals surface area contributed by atoms with Gasteiger partial charge in [0, 0.05) is 28.2 Å². The second-order valence-corrected chi connectivity index (χ2v) is 8.25. The number of esters is 1. The van der Waals surface area contributed by atoms with E-state index in [9.17, 15) is 27.2 Å². The Balaban J connectivity index is 1.90. The number of hydrogen-bond acceptors (Lipinski definition) is 5. The van der Waals surface area contributed by atoms with Gasteiger partial charge in [0.1, 0.15) is 11.9 Å². The third kappa shape index (κ3) is 8.84. The van der Waals surface area contributed by atoms with Gasteiger partial charge in [0.15, 0.2) is 12.4 Å². The predicted molar refractivity (Wildman–Crippen MR) is 122 cm³/mol. The molecule has 2 rings (SSSR count). The molecule has 0 aromatic heterocycles. The van der Waals surface area contributed by atoms with Gasteiger partial charge in [0.05, 0.1) is 18.8 Å². The SMILES string of the molecule is COC(=O)CCC/C=C/CC1C(OP)CC(F)C1/C=C/C(=O)COc1cccc(C(F)(F)F)c1. The Kier molecular flexibility index (Phi) is 11.2. The number of benzene rings is 1. The molecule has 1 aromatic carbocycles. The summed E-state index contributed by atoms with van der Waals surface area (Å²) in [5, 5.41) is 0. The van der Waals surface area contributed by atoms with Gasteiger partial charge in [-0.25, -0.2) is 4.39 Å². The van der Waals surface area contributed by atoms with Crippen molar-refractivity contribution >= 4 is 21.2 Å². The van der Waals surface area contributed by atoms with Crippen LogP contribution in [0.2, 0.25) is 0 Å². The monoisotopic (exact) mass is 504 g/mol. The summed E-state index contributed by atoms with van der Waals surface area (Å²) < 4.78 is 68.1. The van der Waals surface area contributed by atoms with Crippen molar-refractivity contribution in [2.45, 2.75) is 50.6 Å². The number of carbonyl (C=O) groups is 2. The zero-order chi connectivity index (χ0) is 25.1. The van der Waals surface area contributed by atoms with Crippen LogP contribution < -0.4 is 4.74 Å². The molecule has 188 valence electrons. The number of allylic oxidation sites excluding steroid dienone is 3. The second-order valence-electron chi connectivity index (χ2n) is 7.98. The maximum atomic E-state index is 14.6. The third-order valence-corrected chi connectivity index (χ3v) is 5.97. The van der Waals surface area contributed by atoms with E-state index in [2.05, 4.69) is 14.2 Å². The Morgan fingerprint density at radius 1 is 1.24 bits per heavy atom. The van der Waals surface area contributed by atoms with Crippen molar-refractivity contribution < 1.29 is 41.1 Å². The van der Waals surface area contributed by atoms with Crippen molar-refractivity contribution in [1.82, 2.24) is 0 Å². The van der Waals surface area contributed by atoms with Crippen molar-refractivity contribution in [3.63, 3.8) is 0 Å². The number of ketones is 1. The minimum Gasteiger partial charge on any atom is -0.485 e. The fourth-order valence-corrected chi connectivity index (χ4v) is 4.13. The topological polar surface area (TPSA) is 61.8 Å². The Bertz CT molecular complexity index is 871. The lowest BCUT2D eigenvalue weighted by molar-refractivity contribution is -0.140. The molecule has 0 saturated heterocycles. The lowest BCUT2D eigenvalue weighted by Crippen LogP contribution is -2.20. The first-order valence-electron chi connectivity index (χ1n) is 10.9. The number of alkyl halides is 4. The molecule has 0 spiro atoms. The molecule has 5 nitrogen and oxygen atoms in total. The van der Waals surface area contributed by atoms with E-state index in [0.29, 0.717) is 25.7 Å². The van der Waals surface area contributed by atoms with Gasteiger partial charge in [-0.3, -0.25) is 9.59 Å². The molecule has 1 fully saturated rings. The highest BCUT2D eigenvalue weighted by molar-refractivity contribution is 7.09. The number of halogens is 4. The van der Waals surface area contributed by atoms with Crippen LogP contribution in [-0.4, -0.2) is 37.7 Å². The summed E-state index contributed by atoms with van der Waals surface area (Å²) in [6.07, 6.45) is 2.85. The lowest BCUT2D eigenvalue weighted by Gasteiger charge is -2.20. The highest BCUT2D eigenvalue weighted by atomic mass is 31.0. The first-order chi connectivity index (χ1) is 16.2. The summed E-state index contributed by atoms with van der Waals surface area (Å²) in [5.41, 5.74) is -0.871. The molecule has 0 aliphatic heterocycles. The second kappa shape index (κ2) is 13.6. The van der Waals surface area contributed by atoms with Crippen molar-refractivity contribution in [3.05, 3.63) is 54.1 Å². The Morgan fingerprint density at radius 2 is 2.00 bits per heavy atom. The number of rotatable bonds is 12. The molecule has 1 aliphatic carbocycles. The lowest BCUT2D eigenvalue weighted by atomic mass is 9.90. The number of ether oxygens (including phenoxy) is 2. The van der Waals surface area contributed by atoms with Crippen LogP contribution in [0.25, 0.3) is 0 Å². The number of methoxy groups -OCH3 is 1. The van der Waals surface area contributed by atoms with Gasteiger partial charge in [0.25, 0.3) is 0 Å². The zero-order valence-corrected chi connectivity index (χ0v) is 20.0. The quantitative estimate of drug-likeness (QED) is 0.0920. The van der Waals surface area contributed by atoms with Crippen molar-refractivity contribution in [2.75, 3.05) is 13.7 Å². The maximum absolute atomic E-state index is 14.6. The number of hydrogen-bond donors (Lipinski definition) is 0. The highest BCUT2D eigenvalue weighted by Gasteiger charge is 2.42. The summed E-state index contributed by atoms with van der Waals surface area (Å²) in [5.74, 6) is -1.59. The van der Waals surface area contributed by atoms with Crippen molar-refractivity contribution in [1.29, 1.82) is 0 Å². The summed E-state index contributed by atoms with van der Waals surface area (Å²) >= 11 is 0. The van der Waals surface area contributed by atoms with E-state index >= 15 is 0 Å². The van der Waals surface area contributed by atoms with Crippen molar-refractivity contribution in [3.8, 4) is 5.75 Å². The van der Waals surface area contributed by atoms with Gasteiger partial charge >= 0.3 is 12.1 Å². The first kappa shape index (κ1) is 28.0. The fourth-order valence-electron chi connectivity index (χ4n) is 3.82. The van der Waals surface area contributed by atoms with E-state index in [1.165, 1.54) is 31.4 Å². The normalized spacial score (nSPS) is 23.0. The van der Waals surface area contributed by atoms with Gasteiger partial charge in [-0.2, -0.15) is 13.2 Å². The van der Waals surface area contributed by atoms with Gasteiger partial charge < -0.3 is 14.0 Å². The fraction of sp³-hybridized carbons (Fsp3) is 0.500.